The lowest BCUT2D eigenvalue weighted by atomic mass is 9.89. The number of hydrogen-bond donors (Lipinski definition) is 0. The van der Waals surface area contributed by atoms with Gasteiger partial charge in [0.1, 0.15) is 0 Å². The van der Waals surface area contributed by atoms with E-state index in [2.05, 4.69) is 25.8 Å². The van der Waals surface area contributed by atoms with Gasteiger partial charge in [-0.2, -0.15) is 0 Å². The van der Waals surface area contributed by atoms with Crippen LogP contribution in [0.5, 0.6) is 0 Å². The van der Waals surface area contributed by atoms with Gasteiger partial charge in [0.15, 0.2) is 0 Å². The van der Waals surface area contributed by atoms with Crippen LogP contribution in [0.3, 0.4) is 0 Å². The summed E-state index contributed by atoms with van der Waals surface area (Å²) < 4.78 is 0.872. The van der Waals surface area contributed by atoms with Crippen molar-refractivity contribution in [3.05, 3.63) is 28.5 Å². The molecule has 0 unspecified atom stereocenters. The second-order valence-electron chi connectivity index (χ2n) is 6.08. The van der Waals surface area contributed by atoms with E-state index in [1.807, 2.05) is 6.07 Å². The molecule has 1 amide bonds. The third-order valence-corrected chi connectivity index (χ3v) is 4.81. The van der Waals surface area contributed by atoms with Crippen molar-refractivity contribution in [1.82, 2.24) is 9.88 Å². The highest BCUT2D eigenvalue weighted by Crippen LogP contribution is 2.32. The maximum absolute atomic E-state index is 12.7. The normalized spacial score (nSPS) is 19.9. The fourth-order valence-corrected chi connectivity index (χ4v) is 3.49. The summed E-state index contributed by atoms with van der Waals surface area (Å²) in [5, 5.41) is 0. The molecule has 0 aromatic carbocycles. The molecule has 0 radical (unpaired) electrons. The lowest BCUT2D eigenvalue weighted by Gasteiger charge is -2.30. The molecule has 2 aliphatic rings. The summed E-state index contributed by atoms with van der Waals surface area (Å²) in [4.78, 5) is 18.9. The Balaban J connectivity index is 1.71. The molecule has 0 bridgehead atoms. The van der Waals surface area contributed by atoms with Crippen LogP contribution in [0.25, 0.3) is 0 Å². The van der Waals surface area contributed by atoms with Crippen molar-refractivity contribution < 1.29 is 4.79 Å². The molecule has 4 heteroatoms. The van der Waals surface area contributed by atoms with Crippen LogP contribution in [0.15, 0.2) is 22.9 Å². The van der Waals surface area contributed by atoms with Crippen molar-refractivity contribution in [3.63, 3.8) is 0 Å². The maximum Gasteiger partial charge on any atom is 0.255 e. The molecule has 1 heterocycles. The van der Waals surface area contributed by atoms with Crippen LogP contribution in [0.4, 0.5) is 0 Å². The van der Waals surface area contributed by atoms with Gasteiger partial charge >= 0.3 is 0 Å². The van der Waals surface area contributed by atoms with Crippen molar-refractivity contribution >= 4 is 21.8 Å². The van der Waals surface area contributed by atoms with Crippen molar-refractivity contribution in [3.8, 4) is 0 Å². The van der Waals surface area contributed by atoms with Gasteiger partial charge in [-0.15, -0.1) is 0 Å². The Morgan fingerprint density at radius 2 is 1.95 bits per heavy atom. The molecule has 0 spiro atoms. The molecular formula is C16H21BrN2O. The summed E-state index contributed by atoms with van der Waals surface area (Å²) in [5.74, 6) is 0.861. The fourth-order valence-electron chi connectivity index (χ4n) is 3.13. The zero-order valence-corrected chi connectivity index (χ0v) is 13.3. The van der Waals surface area contributed by atoms with Crippen molar-refractivity contribution in [2.75, 3.05) is 6.54 Å². The van der Waals surface area contributed by atoms with Crippen LogP contribution in [0.2, 0.25) is 0 Å². The van der Waals surface area contributed by atoms with Crippen molar-refractivity contribution in [2.24, 2.45) is 5.92 Å². The van der Waals surface area contributed by atoms with Crippen LogP contribution < -0.4 is 0 Å². The lowest BCUT2D eigenvalue weighted by Crippen LogP contribution is -2.37. The molecule has 3 nitrogen and oxygen atoms in total. The van der Waals surface area contributed by atoms with E-state index in [-0.39, 0.29) is 5.91 Å². The molecule has 1 aromatic heterocycles. The molecule has 0 atom stereocenters. The van der Waals surface area contributed by atoms with E-state index in [4.69, 9.17) is 0 Å². The standard InChI is InChI=1S/C16H21BrN2O/c17-14-8-13(9-18-10-14)16(20)19(15-6-7-15)11-12-4-2-1-3-5-12/h8-10,12,15H,1-7,11H2. The summed E-state index contributed by atoms with van der Waals surface area (Å²) in [6, 6.07) is 2.36. The predicted octanol–water partition coefficient (Wildman–Crippen LogP) is 4.03. The number of carbonyl (C=O) groups excluding carboxylic acids is 1. The summed E-state index contributed by atoms with van der Waals surface area (Å²) in [5.41, 5.74) is 0.710. The minimum Gasteiger partial charge on any atom is -0.335 e. The number of hydrogen-bond acceptors (Lipinski definition) is 2. The molecule has 0 saturated heterocycles. The average molecular weight is 337 g/mol. The second kappa shape index (κ2) is 6.25. The van der Waals surface area contributed by atoms with E-state index in [0.29, 0.717) is 17.5 Å². The smallest absolute Gasteiger partial charge is 0.255 e. The number of aromatic nitrogens is 1. The van der Waals surface area contributed by atoms with Gasteiger partial charge in [-0.1, -0.05) is 19.3 Å². The molecule has 20 heavy (non-hydrogen) atoms. The highest BCUT2D eigenvalue weighted by molar-refractivity contribution is 9.10. The minimum absolute atomic E-state index is 0.159. The van der Waals surface area contributed by atoms with Crippen LogP contribution in [0.1, 0.15) is 55.3 Å². The number of halogens is 1. The van der Waals surface area contributed by atoms with E-state index in [1.54, 1.807) is 12.4 Å². The molecule has 0 aliphatic heterocycles. The number of amides is 1. The molecule has 1 aromatic rings. The lowest BCUT2D eigenvalue weighted by molar-refractivity contribution is 0.0698. The maximum atomic E-state index is 12.7. The highest BCUT2D eigenvalue weighted by atomic mass is 79.9. The first-order chi connectivity index (χ1) is 9.74. The Kier molecular flexibility index (Phi) is 4.39. The molecule has 0 N–H and O–H groups in total. The van der Waals surface area contributed by atoms with Crippen molar-refractivity contribution in [1.29, 1.82) is 0 Å². The Hall–Kier alpha value is -0.900. The van der Waals surface area contributed by atoms with E-state index in [0.717, 1.165) is 11.0 Å². The third-order valence-electron chi connectivity index (χ3n) is 4.38. The van der Waals surface area contributed by atoms with E-state index < -0.39 is 0 Å². The summed E-state index contributed by atoms with van der Waals surface area (Å²) in [6.07, 6.45) is 12.3. The van der Waals surface area contributed by atoms with E-state index >= 15 is 0 Å². The largest absolute Gasteiger partial charge is 0.335 e. The Morgan fingerprint density at radius 1 is 1.20 bits per heavy atom. The van der Waals surface area contributed by atoms with Crippen LogP contribution in [-0.2, 0) is 0 Å². The molecule has 108 valence electrons. The quantitative estimate of drug-likeness (QED) is 0.831. The summed E-state index contributed by atoms with van der Waals surface area (Å²) >= 11 is 3.40. The molecule has 3 rings (SSSR count). The monoisotopic (exact) mass is 336 g/mol. The first-order valence-corrected chi connectivity index (χ1v) is 8.45. The van der Waals surface area contributed by atoms with Crippen LogP contribution in [-0.4, -0.2) is 28.4 Å². The zero-order valence-electron chi connectivity index (χ0n) is 11.7. The average Bonchev–Trinajstić information content (AvgIpc) is 3.30. The van der Waals surface area contributed by atoms with Gasteiger partial charge in [-0.25, -0.2) is 0 Å². The van der Waals surface area contributed by atoms with Gasteiger partial charge in [-0.05, 0) is 53.6 Å². The first-order valence-electron chi connectivity index (χ1n) is 7.65. The van der Waals surface area contributed by atoms with Gasteiger partial charge in [0, 0.05) is 29.5 Å². The topological polar surface area (TPSA) is 33.2 Å². The molecular weight excluding hydrogens is 316 g/mol. The van der Waals surface area contributed by atoms with Gasteiger partial charge in [0.25, 0.3) is 5.91 Å². The van der Waals surface area contributed by atoms with Gasteiger partial charge in [-0.3, -0.25) is 9.78 Å². The Morgan fingerprint density at radius 3 is 2.60 bits per heavy atom. The molecule has 2 aliphatic carbocycles. The predicted molar refractivity (Wildman–Crippen MR) is 82.6 cm³/mol. The SMILES string of the molecule is O=C(c1cncc(Br)c1)N(CC1CCCCC1)C1CC1. The van der Waals surface area contributed by atoms with Gasteiger partial charge < -0.3 is 4.90 Å². The van der Waals surface area contributed by atoms with Crippen LogP contribution >= 0.6 is 15.9 Å². The summed E-state index contributed by atoms with van der Waals surface area (Å²) in [6.45, 7) is 0.940. The molecule has 2 saturated carbocycles. The fraction of sp³-hybridized carbons (Fsp3) is 0.625. The summed E-state index contributed by atoms with van der Waals surface area (Å²) in [7, 11) is 0. The number of rotatable bonds is 4. The number of carbonyl (C=O) groups is 1. The second-order valence-corrected chi connectivity index (χ2v) is 7.00. The van der Waals surface area contributed by atoms with Crippen molar-refractivity contribution in [2.45, 2.75) is 51.0 Å². The Labute approximate surface area is 128 Å². The number of pyridine rings is 1. The van der Waals surface area contributed by atoms with Gasteiger partial charge in [0.2, 0.25) is 0 Å². The van der Waals surface area contributed by atoms with E-state index in [9.17, 15) is 4.79 Å². The number of nitrogens with zero attached hydrogens (tertiary/aromatic N) is 2. The van der Waals surface area contributed by atoms with Gasteiger partial charge in [0.05, 0.1) is 5.56 Å². The van der Waals surface area contributed by atoms with Crippen LogP contribution in [0, 0.1) is 5.92 Å². The molecule has 2 fully saturated rings. The zero-order chi connectivity index (χ0) is 13.9. The first kappa shape index (κ1) is 14.1. The highest BCUT2D eigenvalue weighted by Gasteiger charge is 2.34. The minimum atomic E-state index is 0.159. The Bertz CT molecular complexity index is 481. The third kappa shape index (κ3) is 3.40. The van der Waals surface area contributed by atoms with E-state index in [1.165, 1.54) is 44.9 Å².